The van der Waals surface area contributed by atoms with Crippen molar-refractivity contribution < 1.29 is 9.84 Å². The van der Waals surface area contributed by atoms with Gasteiger partial charge in [-0.3, -0.25) is 9.78 Å². The molecule has 138 valence electrons. The van der Waals surface area contributed by atoms with Crippen LogP contribution in [0, 0.1) is 0 Å². The summed E-state index contributed by atoms with van der Waals surface area (Å²) in [6.07, 6.45) is 4.86. The van der Waals surface area contributed by atoms with Gasteiger partial charge in [0.25, 0.3) is 0 Å². The van der Waals surface area contributed by atoms with Crippen molar-refractivity contribution in [1.29, 1.82) is 0 Å². The second-order valence-corrected chi connectivity index (χ2v) is 7.11. The summed E-state index contributed by atoms with van der Waals surface area (Å²) in [5.74, 6) is 0.432. The molecule has 8 nitrogen and oxygen atoms in total. The Hall–Kier alpha value is -2.97. The number of nitrogens with two attached hydrogens (primary N) is 1. The van der Waals surface area contributed by atoms with Crippen molar-refractivity contribution in [3.05, 3.63) is 36.7 Å². The number of ether oxygens (including phenoxy) is 1. The molecule has 4 N–H and O–H groups in total. The van der Waals surface area contributed by atoms with Gasteiger partial charge in [-0.05, 0) is 18.2 Å². The Balaban J connectivity index is 1.59. The van der Waals surface area contributed by atoms with E-state index >= 15 is 0 Å². The maximum Gasteiger partial charge on any atom is 0.135 e. The lowest BCUT2D eigenvalue weighted by Gasteiger charge is -2.31. The Bertz CT molecular complexity index is 1110. The molecule has 1 fully saturated rings. The molecule has 1 saturated heterocycles. The van der Waals surface area contributed by atoms with Gasteiger partial charge in [-0.25, -0.2) is 4.98 Å². The molecule has 0 bridgehead atoms. The number of aromatic nitrogens is 5. The Morgan fingerprint density at radius 1 is 1.22 bits per heavy atom. The van der Waals surface area contributed by atoms with Crippen LogP contribution in [0.15, 0.2) is 36.7 Å². The lowest BCUT2D eigenvalue weighted by molar-refractivity contribution is -0.0743. The SMILES string of the molecule is Nc1nc2cc(-c3cc[nH]n3)ccc2c2nn(CC3(O)CCOCC3)cc12. The van der Waals surface area contributed by atoms with Crippen LogP contribution in [0.4, 0.5) is 5.82 Å². The number of hydrogen-bond donors (Lipinski definition) is 3. The predicted octanol–water partition coefficient (Wildman–Crippen LogP) is 2.10. The van der Waals surface area contributed by atoms with E-state index in [1.54, 1.807) is 10.9 Å². The van der Waals surface area contributed by atoms with Gasteiger partial charge in [0.2, 0.25) is 0 Å². The average Bonchev–Trinajstić information content (AvgIpc) is 3.32. The van der Waals surface area contributed by atoms with Gasteiger partial charge in [0.1, 0.15) is 11.3 Å². The number of anilines is 1. The van der Waals surface area contributed by atoms with E-state index in [4.69, 9.17) is 15.6 Å². The van der Waals surface area contributed by atoms with Crippen LogP contribution in [0.25, 0.3) is 33.1 Å². The van der Waals surface area contributed by atoms with Gasteiger partial charge >= 0.3 is 0 Å². The third kappa shape index (κ3) is 2.83. The second kappa shape index (κ2) is 6.04. The van der Waals surface area contributed by atoms with Crippen LogP contribution in [0.2, 0.25) is 0 Å². The molecule has 0 aliphatic carbocycles. The highest BCUT2D eigenvalue weighted by molar-refractivity contribution is 6.08. The Morgan fingerprint density at radius 2 is 2.07 bits per heavy atom. The fourth-order valence-corrected chi connectivity index (χ4v) is 3.69. The molecule has 8 heteroatoms. The minimum absolute atomic E-state index is 0.414. The van der Waals surface area contributed by atoms with E-state index in [0.717, 1.165) is 33.1 Å². The third-order valence-corrected chi connectivity index (χ3v) is 5.21. The first-order valence-corrected chi connectivity index (χ1v) is 8.98. The molecule has 0 unspecified atom stereocenters. The molecule has 0 amide bonds. The van der Waals surface area contributed by atoms with E-state index in [1.165, 1.54) is 0 Å². The quantitative estimate of drug-likeness (QED) is 0.513. The lowest BCUT2D eigenvalue weighted by Crippen LogP contribution is -2.40. The number of nitrogens with one attached hydrogen (secondary N) is 1. The normalized spacial score (nSPS) is 16.9. The average molecular weight is 364 g/mol. The molecule has 27 heavy (non-hydrogen) atoms. The largest absolute Gasteiger partial charge is 0.388 e. The van der Waals surface area contributed by atoms with Crippen LogP contribution in [-0.2, 0) is 11.3 Å². The number of benzene rings is 1. The summed E-state index contributed by atoms with van der Waals surface area (Å²) in [4.78, 5) is 4.56. The molecule has 4 aromatic rings. The summed E-state index contributed by atoms with van der Waals surface area (Å²) >= 11 is 0. The number of rotatable bonds is 3. The Labute approximate surface area is 155 Å². The van der Waals surface area contributed by atoms with Gasteiger partial charge in [-0.1, -0.05) is 6.07 Å². The molecule has 1 aromatic carbocycles. The van der Waals surface area contributed by atoms with E-state index in [1.807, 2.05) is 30.5 Å². The van der Waals surface area contributed by atoms with Gasteiger partial charge in [-0.15, -0.1) is 0 Å². The summed E-state index contributed by atoms with van der Waals surface area (Å²) in [6.45, 7) is 1.55. The molecular formula is C19H20N6O2. The van der Waals surface area contributed by atoms with Gasteiger partial charge in [0.15, 0.2) is 0 Å². The van der Waals surface area contributed by atoms with Crippen LogP contribution >= 0.6 is 0 Å². The van der Waals surface area contributed by atoms with Crippen molar-refractivity contribution in [3.63, 3.8) is 0 Å². The minimum atomic E-state index is -0.800. The highest BCUT2D eigenvalue weighted by atomic mass is 16.5. The van der Waals surface area contributed by atoms with Crippen LogP contribution in [-0.4, -0.2) is 48.9 Å². The highest BCUT2D eigenvalue weighted by Gasteiger charge is 2.30. The predicted molar refractivity (Wildman–Crippen MR) is 102 cm³/mol. The van der Waals surface area contributed by atoms with Gasteiger partial charge in [0.05, 0.1) is 28.7 Å². The van der Waals surface area contributed by atoms with E-state index < -0.39 is 5.60 Å². The number of H-pyrrole nitrogens is 1. The topological polar surface area (TPSA) is 115 Å². The van der Waals surface area contributed by atoms with Crippen LogP contribution < -0.4 is 5.73 Å². The van der Waals surface area contributed by atoms with Crippen LogP contribution in [0.1, 0.15) is 12.8 Å². The zero-order valence-electron chi connectivity index (χ0n) is 14.7. The number of aliphatic hydroxyl groups is 1. The Kier molecular flexibility index (Phi) is 3.63. The maximum atomic E-state index is 10.8. The zero-order valence-corrected chi connectivity index (χ0v) is 14.7. The molecule has 3 aromatic heterocycles. The number of nitrogens with zero attached hydrogens (tertiary/aromatic N) is 4. The first-order valence-electron chi connectivity index (χ1n) is 8.98. The van der Waals surface area contributed by atoms with E-state index in [2.05, 4.69) is 15.2 Å². The van der Waals surface area contributed by atoms with E-state index in [9.17, 15) is 5.11 Å². The smallest absolute Gasteiger partial charge is 0.135 e. The molecule has 5 rings (SSSR count). The maximum absolute atomic E-state index is 10.8. The number of aromatic amines is 1. The number of nitrogen functional groups attached to an aromatic ring is 1. The number of hydrogen-bond acceptors (Lipinski definition) is 6. The van der Waals surface area contributed by atoms with Gasteiger partial charge in [-0.2, -0.15) is 10.2 Å². The summed E-state index contributed by atoms with van der Waals surface area (Å²) in [5, 5.41) is 24.2. The fraction of sp³-hybridized carbons (Fsp3) is 0.316. The Morgan fingerprint density at radius 3 is 2.85 bits per heavy atom. The van der Waals surface area contributed by atoms with Crippen molar-refractivity contribution in [3.8, 4) is 11.3 Å². The van der Waals surface area contributed by atoms with Crippen molar-refractivity contribution >= 4 is 27.6 Å². The molecule has 1 aliphatic rings. The number of fused-ring (bicyclic) bond motifs is 3. The molecule has 0 atom stereocenters. The monoisotopic (exact) mass is 364 g/mol. The summed E-state index contributed by atoms with van der Waals surface area (Å²) in [5.41, 5.74) is 8.78. The zero-order chi connectivity index (χ0) is 18.4. The first-order chi connectivity index (χ1) is 13.1. The molecule has 1 aliphatic heterocycles. The fourth-order valence-electron chi connectivity index (χ4n) is 3.69. The third-order valence-electron chi connectivity index (χ3n) is 5.21. The van der Waals surface area contributed by atoms with Crippen LogP contribution in [0.5, 0.6) is 0 Å². The van der Waals surface area contributed by atoms with Gasteiger partial charge in [0, 0.05) is 49.4 Å². The molecular weight excluding hydrogens is 344 g/mol. The second-order valence-electron chi connectivity index (χ2n) is 7.11. The minimum Gasteiger partial charge on any atom is -0.388 e. The molecule has 4 heterocycles. The molecule has 0 saturated carbocycles. The number of pyridine rings is 1. The summed E-state index contributed by atoms with van der Waals surface area (Å²) in [7, 11) is 0. The standard InChI is InChI=1S/C19H20N6O2/c20-18-14-10-25(11-19(26)4-7-27-8-5-19)24-17(14)13-2-1-12(9-16(13)22-18)15-3-6-21-23-15/h1-3,6,9-10,26H,4-5,7-8,11H2,(H2,20,22)(H,21,23). The first kappa shape index (κ1) is 16.2. The van der Waals surface area contributed by atoms with Crippen molar-refractivity contribution in [2.75, 3.05) is 18.9 Å². The van der Waals surface area contributed by atoms with E-state index in [-0.39, 0.29) is 0 Å². The van der Waals surface area contributed by atoms with E-state index in [0.29, 0.717) is 38.4 Å². The highest BCUT2D eigenvalue weighted by Crippen LogP contribution is 2.31. The van der Waals surface area contributed by atoms with Crippen molar-refractivity contribution in [2.24, 2.45) is 0 Å². The molecule has 0 spiro atoms. The summed E-state index contributed by atoms with van der Waals surface area (Å²) < 4.78 is 7.13. The van der Waals surface area contributed by atoms with Gasteiger partial charge < -0.3 is 15.6 Å². The lowest BCUT2D eigenvalue weighted by atomic mass is 9.94. The van der Waals surface area contributed by atoms with Crippen molar-refractivity contribution in [1.82, 2.24) is 25.0 Å². The van der Waals surface area contributed by atoms with Crippen molar-refractivity contribution in [2.45, 2.75) is 25.0 Å². The summed E-state index contributed by atoms with van der Waals surface area (Å²) in [6, 6.07) is 7.87. The molecule has 0 radical (unpaired) electrons. The van der Waals surface area contributed by atoms with Crippen LogP contribution in [0.3, 0.4) is 0 Å².